The number of carbonyl (C=O) groups is 1. The number of hydrogen-bond acceptors (Lipinski definition) is 6. The number of guanidine groups is 1. The molecule has 1 amide bonds. The summed E-state index contributed by atoms with van der Waals surface area (Å²) in [5, 5.41) is 7.38. The third-order valence-corrected chi connectivity index (χ3v) is 4.36. The van der Waals surface area contributed by atoms with Gasteiger partial charge in [-0.3, -0.25) is 9.69 Å². The number of primary amides is 1. The highest BCUT2D eigenvalue weighted by Gasteiger charge is 2.20. The molecule has 1 saturated heterocycles. The summed E-state index contributed by atoms with van der Waals surface area (Å²) >= 11 is 0. The number of nitrogens with one attached hydrogen (secondary N) is 1. The van der Waals surface area contributed by atoms with E-state index in [2.05, 4.69) is 25.3 Å². The fourth-order valence-corrected chi connectivity index (χ4v) is 3.01. The second-order valence-corrected chi connectivity index (χ2v) is 6.49. The van der Waals surface area contributed by atoms with Crippen LogP contribution in [0.2, 0.25) is 0 Å². The molecule has 0 aromatic carbocycles. The van der Waals surface area contributed by atoms with Gasteiger partial charge in [-0.1, -0.05) is 5.16 Å². The van der Waals surface area contributed by atoms with Crippen LogP contribution in [0, 0.1) is 6.92 Å². The Kier molecular flexibility index (Phi) is 8.30. The third kappa shape index (κ3) is 5.96. The number of hydrogen-bond donors (Lipinski definition) is 2. The van der Waals surface area contributed by atoms with Gasteiger partial charge in [0.15, 0.2) is 11.7 Å². The number of piperazine rings is 1. The van der Waals surface area contributed by atoms with Gasteiger partial charge in [-0.05, 0) is 26.0 Å². The van der Waals surface area contributed by atoms with Crippen LogP contribution in [-0.4, -0.2) is 59.5 Å². The molecular weight excluding hydrogens is 475 g/mol. The normalized spacial score (nSPS) is 15.4. The van der Waals surface area contributed by atoms with E-state index in [4.69, 9.17) is 14.7 Å². The van der Waals surface area contributed by atoms with E-state index in [1.165, 1.54) is 0 Å². The van der Waals surface area contributed by atoms with Gasteiger partial charge in [0.1, 0.15) is 18.1 Å². The van der Waals surface area contributed by atoms with E-state index in [0.29, 0.717) is 12.3 Å². The lowest BCUT2D eigenvalue weighted by Crippen LogP contribution is -2.52. The monoisotopic (exact) mass is 502 g/mol. The van der Waals surface area contributed by atoms with Crippen molar-refractivity contribution in [3.05, 3.63) is 41.2 Å². The maximum absolute atomic E-state index is 11.1. The first-order valence-electron chi connectivity index (χ1n) is 9.11. The minimum Gasteiger partial charge on any atom is -0.454 e. The lowest BCUT2D eigenvalue weighted by molar-refractivity contribution is 0.0972. The van der Waals surface area contributed by atoms with E-state index in [9.17, 15) is 4.79 Å². The molecule has 0 unspecified atom stereocenters. The fraction of sp³-hybridized carbons (Fsp3) is 0.500. The SMILES string of the molecule is CCNC(=NCc1ccc(C(N)=O)o1)N1CCN(Cc2cc(C)on2)CC1.I. The Bertz CT molecular complexity index is 795. The van der Waals surface area contributed by atoms with Gasteiger partial charge in [0, 0.05) is 45.3 Å². The number of rotatable bonds is 6. The number of carbonyl (C=O) groups excluding carboxylic acids is 1. The van der Waals surface area contributed by atoms with E-state index in [1.807, 2.05) is 19.9 Å². The summed E-state index contributed by atoms with van der Waals surface area (Å²) in [6.07, 6.45) is 0. The van der Waals surface area contributed by atoms with E-state index in [1.54, 1.807) is 12.1 Å². The quantitative estimate of drug-likeness (QED) is 0.350. The average Bonchev–Trinajstić information content (AvgIpc) is 3.28. The molecule has 0 bridgehead atoms. The van der Waals surface area contributed by atoms with Crippen LogP contribution in [0.15, 0.2) is 32.1 Å². The second kappa shape index (κ2) is 10.5. The third-order valence-electron chi connectivity index (χ3n) is 4.36. The number of nitrogens with two attached hydrogens (primary N) is 1. The van der Waals surface area contributed by atoms with E-state index in [-0.39, 0.29) is 29.7 Å². The Balaban J connectivity index is 0.00000280. The Morgan fingerprint density at radius 1 is 1.32 bits per heavy atom. The molecule has 1 aliphatic heterocycles. The number of aromatic nitrogens is 1. The second-order valence-electron chi connectivity index (χ2n) is 6.49. The maximum Gasteiger partial charge on any atom is 0.284 e. The minimum atomic E-state index is -0.574. The molecule has 1 aliphatic rings. The molecule has 154 valence electrons. The summed E-state index contributed by atoms with van der Waals surface area (Å²) in [7, 11) is 0. The van der Waals surface area contributed by atoms with Crippen molar-refractivity contribution >= 4 is 35.8 Å². The number of amides is 1. The van der Waals surface area contributed by atoms with Crippen molar-refractivity contribution in [2.45, 2.75) is 26.9 Å². The zero-order chi connectivity index (χ0) is 19.2. The summed E-state index contributed by atoms with van der Waals surface area (Å²) in [6, 6.07) is 5.27. The molecule has 0 radical (unpaired) electrons. The van der Waals surface area contributed by atoms with Gasteiger partial charge in [0.05, 0.1) is 5.69 Å². The number of furan rings is 1. The lowest BCUT2D eigenvalue weighted by atomic mass is 10.3. The van der Waals surface area contributed by atoms with Crippen LogP contribution in [0.5, 0.6) is 0 Å². The highest BCUT2D eigenvalue weighted by Crippen LogP contribution is 2.11. The zero-order valence-electron chi connectivity index (χ0n) is 16.2. The Labute approximate surface area is 181 Å². The van der Waals surface area contributed by atoms with E-state index in [0.717, 1.165) is 56.7 Å². The highest BCUT2D eigenvalue weighted by molar-refractivity contribution is 14.0. The predicted octanol–water partition coefficient (Wildman–Crippen LogP) is 1.58. The molecule has 3 heterocycles. The van der Waals surface area contributed by atoms with Crippen molar-refractivity contribution in [2.24, 2.45) is 10.7 Å². The van der Waals surface area contributed by atoms with Gasteiger partial charge in [0.2, 0.25) is 0 Å². The highest BCUT2D eigenvalue weighted by atomic mass is 127. The number of nitrogens with zero attached hydrogens (tertiary/aromatic N) is 4. The molecule has 2 aromatic rings. The van der Waals surface area contributed by atoms with Crippen LogP contribution in [0.4, 0.5) is 0 Å². The lowest BCUT2D eigenvalue weighted by Gasteiger charge is -2.36. The summed E-state index contributed by atoms with van der Waals surface area (Å²) in [6.45, 7) is 9.44. The molecule has 10 heteroatoms. The first kappa shape index (κ1) is 22.2. The Morgan fingerprint density at radius 2 is 2.07 bits per heavy atom. The number of aliphatic imine (C=N–C) groups is 1. The summed E-state index contributed by atoms with van der Waals surface area (Å²) in [4.78, 5) is 20.3. The molecule has 0 spiro atoms. The largest absolute Gasteiger partial charge is 0.454 e. The fourth-order valence-electron chi connectivity index (χ4n) is 3.01. The van der Waals surface area contributed by atoms with E-state index < -0.39 is 5.91 Å². The summed E-state index contributed by atoms with van der Waals surface area (Å²) < 4.78 is 10.5. The minimum absolute atomic E-state index is 0. The van der Waals surface area contributed by atoms with Crippen molar-refractivity contribution in [1.82, 2.24) is 20.3 Å². The molecule has 1 fully saturated rings. The predicted molar refractivity (Wildman–Crippen MR) is 116 cm³/mol. The molecule has 9 nitrogen and oxygen atoms in total. The van der Waals surface area contributed by atoms with Crippen molar-refractivity contribution in [3.8, 4) is 0 Å². The molecule has 0 atom stereocenters. The van der Waals surface area contributed by atoms with Crippen LogP contribution in [0.25, 0.3) is 0 Å². The van der Waals surface area contributed by atoms with Crippen LogP contribution in [-0.2, 0) is 13.1 Å². The van der Waals surface area contributed by atoms with Crippen molar-refractivity contribution in [3.63, 3.8) is 0 Å². The van der Waals surface area contributed by atoms with E-state index >= 15 is 0 Å². The molecule has 28 heavy (non-hydrogen) atoms. The molecule has 2 aromatic heterocycles. The van der Waals surface area contributed by atoms with Gasteiger partial charge in [0.25, 0.3) is 5.91 Å². The molecular formula is C18H27IN6O3. The Hall–Kier alpha value is -2.08. The summed E-state index contributed by atoms with van der Waals surface area (Å²) in [5.41, 5.74) is 6.18. The topological polar surface area (TPSA) is 113 Å². The van der Waals surface area contributed by atoms with Crippen molar-refractivity contribution in [2.75, 3.05) is 32.7 Å². The van der Waals surface area contributed by atoms with Crippen molar-refractivity contribution in [1.29, 1.82) is 0 Å². The molecule has 3 N–H and O–H groups in total. The maximum atomic E-state index is 11.1. The first-order chi connectivity index (χ1) is 13.0. The standard InChI is InChI=1S/C18H26N6O3.HI/c1-3-20-18(21-11-15-4-5-16(26-15)17(19)25)24-8-6-23(7-9-24)12-14-10-13(2)27-22-14;/h4-5,10H,3,6-9,11-12H2,1-2H3,(H2,19,25)(H,20,21);1H. The average molecular weight is 502 g/mol. The molecule has 0 aliphatic carbocycles. The van der Waals surface area contributed by atoms with Crippen LogP contribution in [0.3, 0.4) is 0 Å². The number of aryl methyl sites for hydroxylation is 1. The van der Waals surface area contributed by atoms with Gasteiger partial charge in [-0.2, -0.15) is 0 Å². The summed E-state index contributed by atoms with van der Waals surface area (Å²) in [5.74, 6) is 1.87. The van der Waals surface area contributed by atoms with Crippen LogP contribution in [0.1, 0.15) is 34.7 Å². The Morgan fingerprint density at radius 3 is 2.64 bits per heavy atom. The zero-order valence-corrected chi connectivity index (χ0v) is 18.5. The van der Waals surface area contributed by atoms with Crippen LogP contribution >= 0.6 is 24.0 Å². The smallest absolute Gasteiger partial charge is 0.284 e. The van der Waals surface area contributed by atoms with Crippen molar-refractivity contribution < 1.29 is 13.7 Å². The number of halogens is 1. The van der Waals surface area contributed by atoms with Crippen LogP contribution < -0.4 is 11.1 Å². The van der Waals surface area contributed by atoms with Gasteiger partial charge < -0.3 is 24.9 Å². The molecule has 3 rings (SSSR count). The molecule has 0 saturated carbocycles. The first-order valence-corrected chi connectivity index (χ1v) is 9.11. The van der Waals surface area contributed by atoms with Gasteiger partial charge in [-0.15, -0.1) is 24.0 Å². The van der Waals surface area contributed by atoms with Gasteiger partial charge >= 0.3 is 0 Å². The van der Waals surface area contributed by atoms with Gasteiger partial charge in [-0.25, -0.2) is 4.99 Å².